The van der Waals surface area contributed by atoms with Crippen LogP contribution in [0.4, 0.5) is 0 Å². The average molecular weight is 270 g/mol. The molecular weight excluding hydrogens is 262 g/mol. The molecule has 0 radical (unpaired) electrons. The number of nitrogens with two attached hydrogens (primary N) is 1. The average Bonchev–Trinajstić information content (AvgIpc) is 2.31. The maximum absolute atomic E-state index is 10.9. The number of hydrogen-bond acceptors (Lipinski definition) is 3. The molecule has 1 atom stereocenters. The van der Waals surface area contributed by atoms with Gasteiger partial charge in [-0.1, -0.05) is 0 Å². The Balaban J connectivity index is 3.09. The monoisotopic (exact) mass is 269 g/mol. The predicted octanol–water partition coefficient (Wildman–Crippen LogP) is 1.86. The van der Waals surface area contributed by atoms with Gasteiger partial charge in [0.2, 0.25) is 10.0 Å². The summed E-state index contributed by atoms with van der Waals surface area (Å²) < 4.78 is 22.7. The standard InChI is InChI=1S/C6H8BrNO2S2/c1-4(12(8,9)10)6-5(7)2-3-11-6/h2-4H,1H3,(H2,8,9,10). The minimum Gasteiger partial charge on any atom is -0.228 e. The van der Waals surface area contributed by atoms with E-state index < -0.39 is 15.3 Å². The molecular formula is C6H8BrNO2S2. The molecule has 0 spiro atoms. The lowest BCUT2D eigenvalue weighted by Crippen LogP contribution is -2.18. The van der Waals surface area contributed by atoms with Crippen molar-refractivity contribution in [3.63, 3.8) is 0 Å². The van der Waals surface area contributed by atoms with E-state index in [1.807, 2.05) is 11.4 Å². The lowest BCUT2D eigenvalue weighted by molar-refractivity contribution is 0.588. The number of sulfonamides is 1. The van der Waals surface area contributed by atoms with E-state index in [0.717, 1.165) is 9.35 Å². The smallest absolute Gasteiger partial charge is 0.216 e. The molecule has 0 bridgehead atoms. The highest BCUT2D eigenvalue weighted by Gasteiger charge is 2.21. The Morgan fingerprint density at radius 2 is 2.25 bits per heavy atom. The molecule has 0 saturated carbocycles. The van der Waals surface area contributed by atoms with E-state index in [0.29, 0.717) is 0 Å². The molecule has 0 aliphatic heterocycles. The molecule has 1 heterocycles. The lowest BCUT2D eigenvalue weighted by atomic mass is 10.4. The van der Waals surface area contributed by atoms with Gasteiger partial charge in [0.1, 0.15) is 5.25 Å². The Labute approximate surface area is 83.8 Å². The van der Waals surface area contributed by atoms with Gasteiger partial charge in [-0.05, 0) is 34.3 Å². The van der Waals surface area contributed by atoms with Crippen LogP contribution in [-0.2, 0) is 10.0 Å². The summed E-state index contributed by atoms with van der Waals surface area (Å²) in [5, 5.41) is 6.19. The molecule has 2 N–H and O–H groups in total. The fourth-order valence-electron chi connectivity index (χ4n) is 0.745. The highest BCUT2D eigenvalue weighted by Crippen LogP contribution is 2.32. The summed E-state index contributed by atoms with van der Waals surface area (Å²) in [7, 11) is -3.47. The van der Waals surface area contributed by atoms with E-state index in [2.05, 4.69) is 15.9 Å². The lowest BCUT2D eigenvalue weighted by Gasteiger charge is -2.06. The van der Waals surface area contributed by atoms with E-state index in [9.17, 15) is 8.42 Å². The molecule has 0 aliphatic rings. The first-order valence-electron chi connectivity index (χ1n) is 3.17. The summed E-state index contributed by atoms with van der Waals surface area (Å²) >= 11 is 4.63. The zero-order valence-corrected chi connectivity index (χ0v) is 9.54. The van der Waals surface area contributed by atoms with E-state index in [-0.39, 0.29) is 0 Å². The van der Waals surface area contributed by atoms with Crippen molar-refractivity contribution in [2.45, 2.75) is 12.2 Å². The molecule has 6 heteroatoms. The molecule has 0 saturated heterocycles. The van der Waals surface area contributed by atoms with E-state index in [1.165, 1.54) is 11.3 Å². The second-order valence-electron chi connectivity index (χ2n) is 2.36. The number of rotatable bonds is 2. The predicted molar refractivity (Wildman–Crippen MR) is 53.5 cm³/mol. The van der Waals surface area contributed by atoms with Crippen molar-refractivity contribution in [1.82, 2.24) is 0 Å². The molecule has 68 valence electrons. The minimum absolute atomic E-state index is 0.633. The van der Waals surface area contributed by atoms with Crippen molar-refractivity contribution >= 4 is 37.3 Å². The van der Waals surface area contributed by atoms with Gasteiger partial charge in [-0.2, -0.15) is 0 Å². The molecule has 0 aliphatic carbocycles. The van der Waals surface area contributed by atoms with Crippen molar-refractivity contribution in [2.75, 3.05) is 0 Å². The van der Waals surface area contributed by atoms with Gasteiger partial charge in [0.15, 0.2) is 0 Å². The maximum Gasteiger partial charge on any atom is 0.216 e. The Morgan fingerprint density at radius 3 is 2.58 bits per heavy atom. The van der Waals surface area contributed by atoms with Gasteiger partial charge in [0, 0.05) is 9.35 Å². The summed E-state index contributed by atoms with van der Waals surface area (Å²) in [5.74, 6) is 0. The van der Waals surface area contributed by atoms with Crippen LogP contribution in [0.1, 0.15) is 17.1 Å². The van der Waals surface area contributed by atoms with Crippen molar-refractivity contribution in [3.05, 3.63) is 20.8 Å². The highest BCUT2D eigenvalue weighted by atomic mass is 79.9. The summed E-state index contributed by atoms with van der Waals surface area (Å²) in [4.78, 5) is 0.748. The van der Waals surface area contributed by atoms with E-state index >= 15 is 0 Å². The van der Waals surface area contributed by atoms with Gasteiger partial charge in [-0.15, -0.1) is 11.3 Å². The number of hydrogen-bond donors (Lipinski definition) is 1. The van der Waals surface area contributed by atoms with Crippen LogP contribution in [0.3, 0.4) is 0 Å². The minimum atomic E-state index is -3.47. The van der Waals surface area contributed by atoms with Crippen LogP contribution in [0.15, 0.2) is 15.9 Å². The second-order valence-corrected chi connectivity index (χ2v) is 6.05. The normalized spacial score (nSPS) is 14.6. The van der Waals surface area contributed by atoms with Gasteiger partial charge in [-0.3, -0.25) is 0 Å². The Bertz CT molecular complexity index is 371. The Kier molecular flexibility index (Phi) is 2.92. The maximum atomic E-state index is 10.9. The van der Waals surface area contributed by atoms with Crippen molar-refractivity contribution in [2.24, 2.45) is 5.14 Å². The van der Waals surface area contributed by atoms with Crippen LogP contribution in [0.25, 0.3) is 0 Å². The van der Waals surface area contributed by atoms with Crippen LogP contribution in [0, 0.1) is 0 Å². The molecule has 0 aromatic carbocycles. The molecule has 1 unspecified atom stereocenters. The molecule has 1 rings (SSSR count). The van der Waals surface area contributed by atoms with Gasteiger partial charge < -0.3 is 0 Å². The third-order valence-corrected chi connectivity index (χ3v) is 4.93. The number of thiophene rings is 1. The summed E-state index contributed by atoms with van der Waals surface area (Å²) in [5.41, 5.74) is 0. The van der Waals surface area contributed by atoms with E-state index in [4.69, 9.17) is 5.14 Å². The van der Waals surface area contributed by atoms with Crippen molar-refractivity contribution in [3.8, 4) is 0 Å². The largest absolute Gasteiger partial charge is 0.228 e. The third-order valence-electron chi connectivity index (χ3n) is 1.51. The summed E-state index contributed by atoms with van der Waals surface area (Å²) in [6, 6.07) is 1.81. The zero-order valence-electron chi connectivity index (χ0n) is 6.32. The fourth-order valence-corrected chi connectivity index (χ4v) is 3.54. The van der Waals surface area contributed by atoms with Crippen LogP contribution < -0.4 is 5.14 Å². The third kappa shape index (κ3) is 2.07. The first-order chi connectivity index (χ1) is 5.43. The second kappa shape index (κ2) is 3.45. The highest BCUT2D eigenvalue weighted by molar-refractivity contribution is 9.10. The summed E-state index contributed by atoms with van der Waals surface area (Å²) in [6.07, 6.45) is 0. The van der Waals surface area contributed by atoms with Crippen molar-refractivity contribution < 1.29 is 8.42 Å². The van der Waals surface area contributed by atoms with Crippen LogP contribution >= 0.6 is 27.3 Å². The quantitative estimate of drug-likeness (QED) is 0.891. The first kappa shape index (κ1) is 10.2. The van der Waals surface area contributed by atoms with Crippen molar-refractivity contribution in [1.29, 1.82) is 0 Å². The molecule has 1 aromatic heterocycles. The Hall–Kier alpha value is 0.0900. The topological polar surface area (TPSA) is 60.2 Å². The molecule has 3 nitrogen and oxygen atoms in total. The summed E-state index contributed by atoms with van der Waals surface area (Å²) in [6.45, 7) is 1.58. The molecule has 12 heavy (non-hydrogen) atoms. The van der Waals surface area contributed by atoms with Gasteiger partial charge in [0.05, 0.1) is 0 Å². The van der Waals surface area contributed by atoms with Gasteiger partial charge in [0.25, 0.3) is 0 Å². The number of primary sulfonamides is 1. The SMILES string of the molecule is CC(c1sccc1Br)S(N)(=O)=O. The molecule has 1 aromatic rings. The van der Waals surface area contributed by atoms with Gasteiger partial charge >= 0.3 is 0 Å². The molecule has 0 amide bonds. The van der Waals surface area contributed by atoms with Crippen LogP contribution in [0.2, 0.25) is 0 Å². The van der Waals surface area contributed by atoms with E-state index in [1.54, 1.807) is 6.92 Å². The van der Waals surface area contributed by atoms with Crippen LogP contribution in [0.5, 0.6) is 0 Å². The zero-order chi connectivity index (χ0) is 9.35. The first-order valence-corrected chi connectivity index (χ1v) is 6.45. The van der Waals surface area contributed by atoms with Crippen LogP contribution in [-0.4, -0.2) is 8.42 Å². The number of halogens is 1. The van der Waals surface area contributed by atoms with Gasteiger partial charge in [-0.25, -0.2) is 13.6 Å². The molecule has 0 fully saturated rings. The Morgan fingerprint density at radius 1 is 1.67 bits per heavy atom. The fraction of sp³-hybridized carbons (Fsp3) is 0.333.